The van der Waals surface area contributed by atoms with Crippen molar-refractivity contribution in [3.05, 3.63) is 65.7 Å². The number of nitrogens with zero attached hydrogens (tertiary/aromatic N) is 1. The molecule has 0 atom stereocenters. The van der Waals surface area contributed by atoms with E-state index in [1.54, 1.807) is 12.1 Å². The Labute approximate surface area is 119 Å². The first-order valence-corrected chi connectivity index (χ1v) is 6.70. The lowest BCUT2D eigenvalue weighted by atomic mass is 10.1. The monoisotopic (exact) mass is 269 g/mol. The highest BCUT2D eigenvalue weighted by molar-refractivity contribution is 5.97. The van der Waals surface area contributed by atoms with Crippen molar-refractivity contribution in [2.24, 2.45) is 0 Å². The maximum Gasteiger partial charge on any atom is 0.176 e. The van der Waals surface area contributed by atoms with Crippen molar-refractivity contribution < 1.29 is 9.90 Å². The van der Waals surface area contributed by atoms with Crippen molar-refractivity contribution >= 4 is 5.78 Å². The van der Waals surface area contributed by atoms with E-state index in [1.807, 2.05) is 30.1 Å². The number of hydrogen-bond acceptors (Lipinski definition) is 3. The molecule has 2 aromatic carbocycles. The van der Waals surface area contributed by atoms with Crippen molar-refractivity contribution in [2.45, 2.75) is 6.42 Å². The molecular weight excluding hydrogens is 250 g/mol. The lowest BCUT2D eigenvalue weighted by molar-refractivity contribution is 0.0947. The maximum absolute atomic E-state index is 12.1. The van der Waals surface area contributed by atoms with Gasteiger partial charge in [0.1, 0.15) is 5.75 Å². The topological polar surface area (TPSA) is 40.5 Å². The van der Waals surface area contributed by atoms with Crippen LogP contribution in [0.5, 0.6) is 5.75 Å². The minimum absolute atomic E-state index is 0.0700. The van der Waals surface area contributed by atoms with Crippen LogP contribution in [0.3, 0.4) is 0 Å². The van der Waals surface area contributed by atoms with E-state index in [0.29, 0.717) is 12.1 Å². The molecule has 0 aliphatic carbocycles. The quantitative estimate of drug-likeness (QED) is 0.820. The summed E-state index contributed by atoms with van der Waals surface area (Å²) in [6, 6.07) is 16.6. The molecule has 2 aromatic rings. The molecule has 0 aliphatic heterocycles. The van der Waals surface area contributed by atoms with Gasteiger partial charge in [-0.1, -0.05) is 30.3 Å². The summed E-state index contributed by atoms with van der Waals surface area (Å²) in [7, 11) is 1.95. The van der Waals surface area contributed by atoms with Crippen LogP contribution in [0.25, 0.3) is 0 Å². The van der Waals surface area contributed by atoms with Gasteiger partial charge in [-0.3, -0.25) is 9.69 Å². The average Bonchev–Trinajstić information content (AvgIpc) is 2.47. The minimum Gasteiger partial charge on any atom is -0.508 e. The van der Waals surface area contributed by atoms with Crippen LogP contribution >= 0.6 is 0 Å². The van der Waals surface area contributed by atoms with Crippen molar-refractivity contribution in [3.8, 4) is 5.75 Å². The van der Waals surface area contributed by atoms with Gasteiger partial charge in [-0.05, 0) is 43.3 Å². The van der Waals surface area contributed by atoms with Gasteiger partial charge in [-0.25, -0.2) is 0 Å². The Hall–Kier alpha value is -2.13. The third kappa shape index (κ3) is 4.21. The zero-order valence-corrected chi connectivity index (χ0v) is 11.6. The van der Waals surface area contributed by atoms with Crippen molar-refractivity contribution in [2.75, 3.05) is 20.1 Å². The van der Waals surface area contributed by atoms with Gasteiger partial charge in [0.05, 0.1) is 6.54 Å². The van der Waals surface area contributed by atoms with Gasteiger partial charge in [0.2, 0.25) is 0 Å². The van der Waals surface area contributed by atoms with E-state index in [0.717, 1.165) is 13.0 Å². The van der Waals surface area contributed by atoms with Gasteiger partial charge in [0.25, 0.3) is 0 Å². The number of Topliss-reactive ketones (excluding diaryl/α,β-unsaturated/α-hetero) is 1. The summed E-state index contributed by atoms with van der Waals surface area (Å²) < 4.78 is 0. The molecule has 20 heavy (non-hydrogen) atoms. The highest BCUT2D eigenvalue weighted by Gasteiger charge is 2.09. The third-order valence-corrected chi connectivity index (χ3v) is 3.23. The molecular formula is C17H19NO2. The fourth-order valence-corrected chi connectivity index (χ4v) is 2.03. The van der Waals surface area contributed by atoms with Crippen LogP contribution in [-0.2, 0) is 6.42 Å². The summed E-state index contributed by atoms with van der Waals surface area (Å²) in [5.74, 6) is 0.250. The molecule has 2 rings (SSSR count). The molecule has 0 aliphatic rings. The summed E-state index contributed by atoms with van der Waals surface area (Å²) >= 11 is 0. The number of carbonyl (C=O) groups is 1. The zero-order valence-electron chi connectivity index (χ0n) is 11.6. The Morgan fingerprint density at radius 2 is 1.70 bits per heavy atom. The van der Waals surface area contributed by atoms with Crippen molar-refractivity contribution in [1.29, 1.82) is 0 Å². The van der Waals surface area contributed by atoms with Crippen LogP contribution in [0.1, 0.15) is 15.9 Å². The molecule has 3 nitrogen and oxygen atoms in total. The van der Waals surface area contributed by atoms with Crippen LogP contribution in [0.4, 0.5) is 0 Å². The molecule has 0 heterocycles. The Balaban J connectivity index is 1.83. The van der Waals surface area contributed by atoms with E-state index >= 15 is 0 Å². The molecule has 0 fully saturated rings. The summed E-state index contributed by atoms with van der Waals surface area (Å²) in [4.78, 5) is 14.1. The van der Waals surface area contributed by atoms with Gasteiger partial charge >= 0.3 is 0 Å². The largest absolute Gasteiger partial charge is 0.508 e. The van der Waals surface area contributed by atoms with Crippen LogP contribution in [0.15, 0.2) is 54.6 Å². The summed E-state index contributed by atoms with van der Waals surface area (Å²) in [5.41, 5.74) is 1.91. The molecule has 0 radical (unpaired) electrons. The highest BCUT2D eigenvalue weighted by atomic mass is 16.3. The summed E-state index contributed by atoms with van der Waals surface area (Å²) in [6.07, 6.45) is 0.931. The van der Waals surface area contributed by atoms with Gasteiger partial charge in [0.15, 0.2) is 5.78 Å². The second-order valence-corrected chi connectivity index (χ2v) is 4.94. The molecule has 1 N–H and O–H groups in total. The molecule has 0 spiro atoms. The van der Waals surface area contributed by atoms with Crippen LogP contribution in [0.2, 0.25) is 0 Å². The molecule has 3 heteroatoms. The second kappa shape index (κ2) is 6.87. The fraction of sp³-hybridized carbons (Fsp3) is 0.235. The molecule has 0 saturated heterocycles. The first-order chi connectivity index (χ1) is 9.65. The van der Waals surface area contributed by atoms with E-state index in [1.165, 1.54) is 17.7 Å². The number of phenolic OH excluding ortho intramolecular Hbond substituents is 1. The van der Waals surface area contributed by atoms with E-state index in [2.05, 4.69) is 12.1 Å². The lowest BCUT2D eigenvalue weighted by Crippen LogP contribution is -2.28. The van der Waals surface area contributed by atoms with Gasteiger partial charge < -0.3 is 5.11 Å². The summed E-state index contributed by atoms with van der Waals surface area (Å²) in [5, 5.41) is 9.21. The number of likely N-dealkylation sites (N-methyl/N-ethyl adjacent to an activating group) is 1. The molecule has 0 aromatic heterocycles. The normalized spacial score (nSPS) is 10.7. The lowest BCUT2D eigenvalue weighted by Gasteiger charge is -2.15. The number of ketones is 1. The molecule has 104 valence electrons. The predicted octanol–water partition coefficient (Wildman–Crippen LogP) is 2.75. The Kier molecular flexibility index (Phi) is 4.91. The predicted molar refractivity (Wildman–Crippen MR) is 80.1 cm³/mol. The standard InChI is InChI=1S/C17H19NO2/c1-18(12-11-14-5-3-2-4-6-14)13-17(20)15-7-9-16(19)10-8-15/h2-10,19H,11-13H2,1H3. The van der Waals surface area contributed by atoms with E-state index in [-0.39, 0.29) is 11.5 Å². The van der Waals surface area contributed by atoms with E-state index in [4.69, 9.17) is 0 Å². The number of aromatic hydroxyl groups is 1. The van der Waals surface area contributed by atoms with Gasteiger partial charge in [-0.15, -0.1) is 0 Å². The zero-order chi connectivity index (χ0) is 14.4. The Morgan fingerprint density at radius 3 is 2.35 bits per heavy atom. The minimum atomic E-state index is 0.0700. The molecule has 0 bridgehead atoms. The first-order valence-electron chi connectivity index (χ1n) is 6.70. The Bertz CT molecular complexity index is 549. The van der Waals surface area contributed by atoms with Crippen LogP contribution in [0, 0.1) is 0 Å². The number of benzene rings is 2. The second-order valence-electron chi connectivity index (χ2n) is 4.94. The SMILES string of the molecule is CN(CCc1ccccc1)CC(=O)c1ccc(O)cc1. The van der Waals surface area contributed by atoms with Crippen molar-refractivity contribution in [1.82, 2.24) is 4.90 Å². The van der Waals surface area contributed by atoms with Crippen LogP contribution in [-0.4, -0.2) is 35.9 Å². The highest BCUT2D eigenvalue weighted by Crippen LogP contribution is 2.10. The van der Waals surface area contributed by atoms with Gasteiger partial charge in [-0.2, -0.15) is 0 Å². The van der Waals surface area contributed by atoms with Gasteiger partial charge in [0, 0.05) is 12.1 Å². The Morgan fingerprint density at radius 1 is 1.05 bits per heavy atom. The smallest absolute Gasteiger partial charge is 0.176 e. The number of hydrogen-bond donors (Lipinski definition) is 1. The number of carbonyl (C=O) groups excluding carboxylic acids is 1. The average molecular weight is 269 g/mol. The summed E-state index contributed by atoms with van der Waals surface area (Å²) in [6.45, 7) is 1.23. The number of phenols is 1. The van der Waals surface area contributed by atoms with Crippen molar-refractivity contribution in [3.63, 3.8) is 0 Å². The van der Waals surface area contributed by atoms with E-state index in [9.17, 15) is 9.90 Å². The maximum atomic E-state index is 12.1. The third-order valence-electron chi connectivity index (χ3n) is 3.23. The number of rotatable bonds is 6. The first kappa shape index (κ1) is 14.3. The van der Waals surface area contributed by atoms with Crippen LogP contribution < -0.4 is 0 Å². The molecule has 0 amide bonds. The van der Waals surface area contributed by atoms with E-state index < -0.39 is 0 Å². The fourth-order valence-electron chi connectivity index (χ4n) is 2.03. The molecule has 0 unspecified atom stereocenters. The molecule has 0 saturated carbocycles.